The number of hydrogen-bond donors (Lipinski definition) is 2. The zero-order valence-electron chi connectivity index (χ0n) is 12.5. The third kappa shape index (κ3) is 4.43. The maximum atomic E-state index is 12.1. The number of ether oxygens (including phenoxy) is 1. The molecule has 0 saturated carbocycles. The van der Waals surface area contributed by atoms with Gasteiger partial charge in [-0.15, -0.1) is 0 Å². The Hall–Kier alpha value is -2.64. The van der Waals surface area contributed by atoms with Crippen LogP contribution in [0.25, 0.3) is 0 Å². The van der Waals surface area contributed by atoms with Gasteiger partial charge in [-0.2, -0.15) is 0 Å². The van der Waals surface area contributed by atoms with Crippen LogP contribution in [0.2, 0.25) is 5.02 Å². The molecule has 0 aliphatic heterocycles. The number of methoxy groups -OCH3 is 1. The largest absolute Gasteiger partial charge is 0.545 e. The van der Waals surface area contributed by atoms with E-state index in [9.17, 15) is 14.7 Å². The summed E-state index contributed by atoms with van der Waals surface area (Å²) in [5.41, 5.74) is 0.888. The normalized spacial score (nSPS) is 9.92. The molecule has 0 heterocycles. The first kappa shape index (κ1) is 17.7. The van der Waals surface area contributed by atoms with Crippen molar-refractivity contribution in [2.75, 3.05) is 12.4 Å². The number of anilines is 1. The summed E-state index contributed by atoms with van der Waals surface area (Å²) in [6.45, 7) is 0. The molecule has 0 aromatic heterocycles. The van der Waals surface area contributed by atoms with Crippen molar-refractivity contribution in [2.24, 2.45) is 0 Å². The predicted octanol–water partition coefficient (Wildman–Crippen LogP) is 1.84. The molecule has 1 amide bonds. The average molecular weight is 364 g/mol. The van der Waals surface area contributed by atoms with Crippen molar-refractivity contribution in [1.29, 1.82) is 0 Å². The van der Waals surface area contributed by atoms with Crippen molar-refractivity contribution in [3.8, 4) is 5.75 Å². The lowest BCUT2D eigenvalue weighted by Crippen LogP contribution is -2.34. The summed E-state index contributed by atoms with van der Waals surface area (Å²) in [5.74, 6) is -1.25. The zero-order chi connectivity index (χ0) is 17.7. The molecule has 2 aromatic rings. The van der Waals surface area contributed by atoms with E-state index in [1.165, 1.54) is 37.4 Å². The highest BCUT2D eigenvalue weighted by Gasteiger charge is 2.11. The SMILES string of the molecule is COc1ccc(C(=O)NC(=S)Nc2ccc(C(=O)[O-])cc2)cc1Cl. The van der Waals surface area contributed by atoms with Crippen LogP contribution in [0.4, 0.5) is 5.69 Å². The number of hydrogen-bond acceptors (Lipinski definition) is 5. The van der Waals surface area contributed by atoms with Crippen LogP contribution in [-0.2, 0) is 0 Å². The van der Waals surface area contributed by atoms with Crippen molar-refractivity contribution in [3.63, 3.8) is 0 Å². The standard InChI is InChI=1S/C16H13ClN2O4S/c1-23-13-7-4-10(8-12(13)17)14(20)19-16(24)18-11-5-2-9(3-6-11)15(21)22/h2-8H,1H3,(H,21,22)(H2,18,19,20,24)/p-1. The summed E-state index contributed by atoms with van der Waals surface area (Å²) in [6.07, 6.45) is 0. The first-order chi connectivity index (χ1) is 11.4. The van der Waals surface area contributed by atoms with Gasteiger partial charge in [0.2, 0.25) is 0 Å². The van der Waals surface area contributed by atoms with E-state index < -0.39 is 11.9 Å². The van der Waals surface area contributed by atoms with Gasteiger partial charge in [-0.25, -0.2) is 0 Å². The molecule has 0 bridgehead atoms. The number of thiocarbonyl (C=S) groups is 1. The average Bonchev–Trinajstić information content (AvgIpc) is 2.55. The molecule has 0 radical (unpaired) electrons. The third-order valence-corrected chi connectivity index (χ3v) is 3.52. The van der Waals surface area contributed by atoms with E-state index in [4.69, 9.17) is 28.6 Å². The van der Waals surface area contributed by atoms with Crippen LogP contribution < -0.4 is 20.5 Å². The Kier molecular flexibility index (Phi) is 5.73. The van der Waals surface area contributed by atoms with Crippen LogP contribution in [0.1, 0.15) is 20.7 Å². The van der Waals surface area contributed by atoms with E-state index in [0.717, 1.165) is 0 Å². The minimum atomic E-state index is -1.27. The third-order valence-electron chi connectivity index (χ3n) is 3.02. The predicted molar refractivity (Wildman–Crippen MR) is 92.5 cm³/mol. The Bertz CT molecular complexity index is 793. The summed E-state index contributed by atoms with van der Waals surface area (Å²) in [7, 11) is 1.48. The van der Waals surface area contributed by atoms with Gasteiger partial charge < -0.3 is 20.0 Å². The fraction of sp³-hybridized carbons (Fsp3) is 0.0625. The molecule has 2 aromatic carbocycles. The monoisotopic (exact) mass is 363 g/mol. The lowest BCUT2D eigenvalue weighted by atomic mass is 10.2. The van der Waals surface area contributed by atoms with Gasteiger partial charge in [-0.05, 0) is 48.1 Å². The van der Waals surface area contributed by atoms with E-state index in [2.05, 4.69) is 10.6 Å². The zero-order valence-corrected chi connectivity index (χ0v) is 14.0. The van der Waals surface area contributed by atoms with Gasteiger partial charge in [0.15, 0.2) is 5.11 Å². The second-order valence-corrected chi connectivity index (χ2v) is 5.44. The molecule has 2 N–H and O–H groups in total. The van der Waals surface area contributed by atoms with E-state index >= 15 is 0 Å². The molecule has 0 aliphatic rings. The smallest absolute Gasteiger partial charge is 0.257 e. The minimum Gasteiger partial charge on any atom is -0.545 e. The number of halogens is 1. The van der Waals surface area contributed by atoms with Crippen molar-refractivity contribution in [3.05, 3.63) is 58.6 Å². The fourth-order valence-corrected chi connectivity index (χ4v) is 2.30. The van der Waals surface area contributed by atoms with Crippen LogP contribution in [0.15, 0.2) is 42.5 Å². The number of benzene rings is 2. The molecule has 0 aliphatic carbocycles. The molecular weight excluding hydrogens is 352 g/mol. The number of carbonyl (C=O) groups excluding carboxylic acids is 2. The Morgan fingerprint density at radius 1 is 1.12 bits per heavy atom. The van der Waals surface area contributed by atoms with Crippen molar-refractivity contribution in [2.45, 2.75) is 0 Å². The molecule has 0 saturated heterocycles. The van der Waals surface area contributed by atoms with Gasteiger partial charge >= 0.3 is 0 Å². The number of carbonyl (C=O) groups is 2. The number of aromatic carboxylic acids is 1. The molecule has 0 fully saturated rings. The number of carboxylic acid groups (broad SMARTS) is 1. The van der Waals surface area contributed by atoms with E-state index in [1.54, 1.807) is 12.1 Å². The van der Waals surface area contributed by atoms with Crippen LogP contribution in [-0.4, -0.2) is 24.1 Å². The second-order valence-electron chi connectivity index (χ2n) is 4.62. The van der Waals surface area contributed by atoms with Gasteiger partial charge in [0.05, 0.1) is 18.1 Å². The maximum Gasteiger partial charge on any atom is 0.257 e. The number of amides is 1. The van der Waals surface area contributed by atoms with Gasteiger partial charge in [0, 0.05) is 11.3 Å². The van der Waals surface area contributed by atoms with E-state index in [1.807, 2.05) is 0 Å². The lowest BCUT2D eigenvalue weighted by Gasteiger charge is -2.11. The summed E-state index contributed by atoms with van der Waals surface area (Å²) >= 11 is 11.0. The Morgan fingerprint density at radius 3 is 2.29 bits per heavy atom. The number of rotatable bonds is 4. The van der Waals surface area contributed by atoms with Crippen LogP contribution in [0, 0.1) is 0 Å². The molecule has 0 atom stereocenters. The van der Waals surface area contributed by atoms with E-state index in [0.29, 0.717) is 22.0 Å². The lowest BCUT2D eigenvalue weighted by molar-refractivity contribution is -0.255. The highest BCUT2D eigenvalue weighted by Crippen LogP contribution is 2.24. The topological polar surface area (TPSA) is 90.5 Å². The molecular formula is C16H12ClN2O4S-. The summed E-state index contributed by atoms with van der Waals surface area (Å²) in [6, 6.07) is 10.3. The van der Waals surface area contributed by atoms with Gasteiger partial charge in [-0.1, -0.05) is 23.7 Å². The fourth-order valence-electron chi connectivity index (χ4n) is 1.83. The van der Waals surface area contributed by atoms with Gasteiger partial charge in [0.1, 0.15) is 5.75 Å². The number of nitrogens with one attached hydrogen (secondary N) is 2. The molecule has 124 valence electrons. The van der Waals surface area contributed by atoms with Gasteiger partial charge in [0.25, 0.3) is 5.91 Å². The molecule has 6 nitrogen and oxygen atoms in total. The first-order valence-electron chi connectivity index (χ1n) is 6.68. The van der Waals surface area contributed by atoms with Crippen LogP contribution >= 0.6 is 23.8 Å². The summed E-state index contributed by atoms with van der Waals surface area (Å²) in [4.78, 5) is 22.8. The van der Waals surface area contributed by atoms with Gasteiger partial charge in [-0.3, -0.25) is 10.1 Å². The highest BCUT2D eigenvalue weighted by molar-refractivity contribution is 7.80. The van der Waals surface area contributed by atoms with E-state index in [-0.39, 0.29) is 10.7 Å². The Morgan fingerprint density at radius 2 is 1.75 bits per heavy atom. The quantitative estimate of drug-likeness (QED) is 0.805. The molecule has 0 spiro atoms. The molecule has 24 heavy (non-hydrogen) atoms. The second kappa shape index (κ2) is 7.76. The maximum absolute atomic E-state index is 12.1. The molecule has 8 heteroatoms. The van der Waals surface area contributed by atoms with Crippen LogP contribution in [0.3, 0.4) is 0 Å². The summed E-state index contributed by atoms with van der Waals surface area (Å²) < 4.78 is 5.02. The molecule has 0 unspecified atom stereocenters. The Labute approximate surface area is 148 Å². The Balaban J connectivity index is 2.00. The van der Waals surface area contributed by atoms with Crippen molar-refractivity contribution in [1.82, 2.24) is 5.32 Å². The van der Waals surface area contributed by atoms with Crippen LogP contribution in [0.5, 0.6) is 5.75 Å². The van der Waals surface area contributed by atoms with Crippen molar-refractivity contribution >= 4 is 46.5 Å². The number of carboxylic acids is 1. The minimum absolute atomic E-state index is 0.0448. The summed E-state index contributed by atoms with van der Waals surface area (Å²) in [5, 5.41) is 16.3. The van der Waals surface area contributed by atoms with Crippen molar-refractivity contribution < 1.29 is 19.4 Å². The molecule has 2 rings (SSSR count). The highest BCUT2D eigenvalue weighted by atomic mass is 35.5. The first-order valence-corrected chi connectivity index (χ1v) is 7.46.